The standard InChI is InChI=1S/C10H22NO2P/c1-2-3-4-7-14(12,13)10-6-5-9(11)8-10/h9-10H,2-8,11H2,1H3,(H,12,13)/t9-,10-/m0/s1. The van der Waals surface area contributed by atoms with E-state index in [1.807, 2.05) is 0 Å². The van der Waals surface area contributed by atoms with Gasteiger partial charge >= 0.3 is 0 Å². The van der Waals surface area contributed by atoms with E-state index in [1.165, 1.54) is 0 Å². The zero-order valence-corrected chi connectivity index (χ0v) is 9.88. The van der Waals surface area contributed by atoms with Crippen molar-refractivity contribution in [2.75, 3.05) is 6.16 Å². The Morgan fingerprint density at radius 3 is 2.64 bits per heavy atom. The molecule has 0 saturated heterocycles. The summed E-state index contributed by atoms with van der Waals surface area (Å²) in [5, 5.41) is 0. The lowest BCUT2D eigenvalue weighted by Gasteiger charge is -2.18. The first-order valence-corrected chi connectivity index (χ1v) is 7.54. The fourth-order valence-electron chi connectivity index (χ4n) is 2.13. The molecule has 84 valence electrons. The highest BCUT2D eigenvalue weighted by Gasteiger charge is 2.35. The number of rotatable bonds is 5. The van der Waals surface area contributed by atoms with Crippen LogP contribution in [-0.4, -0.2) is 22.8 Å². The predicted molar refractivity (Wildman–Crippen MR) is 59.8 cm³/mol. The largest absolute Gasteiger partial charge is 0.344 e. The van der Waals surface area contributed by atoms with Crippen LogP contribution in [0.5, 0.6) is 0 Å². The van der Waals surface area contributed by atoms with Gasteiger partial charge in [0.05, 0.1) is 0 Å². The third-order valence-corrected chi connectivity index (χ3v) is 5.67. The molecule has 0 aromatic heterocycles. The van der Waals surface area contributed by atoms with Crippen molar-refractivity contribution in [2.24, 2.45) is 5.73 Å². The van der Waals surface area contributed by atoms with Gasteiger partial charge in [-0.2, -0.15) is 0 Å². The van der Waals surface area contributed by atoms with E-state index in [4.69, 9.17) is 5.73 Å². The van der Waals surface area contributed by atoms with Crippen LogP contribution >= 0.6 is 7.37 Å². The molecule has 0 bridgehead atoms. The van der Waals surface area contributed by atoms with Crippen molar-refractivity contribution < 1.29 is 9.46 Å². The first-order chi connectivity index (χ1) is 6.56. The lowest BCUT2D eigenvalue weighted by molar-refractivity contribution is 0.458. The van der Waals surface area contributed by atoms with Crippen LogP contribution in [0.3, 0.4) is 0 Å². The number of hydrogen-bond donors (Lipinski definition) is 2. The molecule has 0 radical (unpaired) electrons. The highest BCUT2D eigenvalue weighted by molar-refractivity contribution is 7.58. The Kier molecular flexibility index (Phi) is 4.62. The smallest absolute Gasteiger partial charge is 0.203 e. The molecular weight excluding hydrogens is 197 g/mol. The van der Waals surface area contributed by atoms with E-state index >= 15 is 0 Å². The molecule has 4 heteroatoms. The first kappa shape index (κ1) is 12.2. The molecule has 0 heterocycles. The van der Waals surface area contributed by atoms with E-state index in [9.17, 15) is 9.46 Å². The van der Waals surface area contributed by atoms with Crippen LogP contribution in [0.25, 0.3) is 0 Å². The van der Waals surface area contributed by atoms with Crippen LogP contribution in [0.2, 0.25) is 0 Å². The summed E-state index contributed by atoms with van der Waals surface area (Å²) < 4.78 is 11.9. The molecule has 1 unspecified atom stereocenters. The third-order valence-electron chi connectivity index (χ3n) is 3.10. The summed E-state index contributed by atoms with van der Waals surface area (Å²) in [6.07, 6.45) is 6.06. The monoisotopic (exact) mass is 219 g/mol. The minimum absolute atomic E-state index is 0.00523. The summed E-state index contributed by atoms with van der Waals surface area (Å²) in [6, 6.07) is 0.159. The maximum absolute atomic E-state index is 11.9. The van der Waals surface area contributed by atoms with Gasteiger partial charge in [-0.3, -0.25) is 4.57 Å². The molecule has 3 atom stereocenters. The van der Waals surface area contributed by atoms with Gasteiger partial charge in [-0.05, 0) is 25.7 Å². The molecule has 1 aliphatic rings. The van der Waals surface area contributed by atoms with Crippen LogP contribution in [-0.2, 0) is 4.57 Å². The molecule has 3 N–H and O–H groups in total. The van der Waals surface area contributed by atoms with Crippen LogP contribution < -0.4 is 5.73 Å². The van der Waals surface area contributed by atoms with E-state index in [1.54, 1.807) is 0 Å². The SMILES string of the molecule is CCCCCP(=O)(O)[C@H]1CC[C@H](N)C1. The fourth-order valence-corrected chi connectivity index (χ4v) is 4.32. The lowest BCUT2D eigenvalue weighted by Crippen LogP contribution is -2.16. The Labute approximate surface area is 86.5 Å². The van der Waals surface area contributed by atoms with Gasteiger partial charge in [0.1, 0.15) is 0 Å². The maximum atomic E-state index is 11.9. The van der Waals surface area contributed by atoms with Gasteiger partial charge < -0.3 is 10.6 Å². The van der Waals surface area contributed by atoms with E-state index in [0.29, 0.717) is 6.16 Å². The van der Waals surface area contributed by atoms with Crippen molar-refractivity contribution >= 4 is 7.37 Å². The second-order valence-electron chi connectivity index (χ2n) is 4.41. The average Bonchev–Trinajstić information content (AvgIpc) is 2.53. The number of unbranched alkanes of at least 4 members (excludes halogenated alkanes) is 2. The van der Waals surface area contributed by atoms with E-state index in [2.05, 4.69) is 6.92 Å². The van der Waals surface area contributed by atoms with E-state index in [0.717, 1.165) is 38.5 Å². The lowest BCUT2D eigenvalue weighted by atomic mass is 10.3. The minimum atomic E-state index is -2.89. The van der Waals surface area contributed by atoms with Gasteiger partial charge in [-0.15, -0.1) is 0 Å². The molecule has 0 aromatic carbocycles. The summed E-state index contributed by atoms with van der Waals surface area (Å²) >= 11 is 0. The van der Waals surface area contributed by atoms with Gasteiger partial charge in [0.15, 0.2) is 0 Å². The zero-order valence-electron chi connectivity index (χ0n) is 8.98. The number of nitrogens with two attached hydrogens (primary N) is 1. The second-order valence-corrected chi connectivity index (χ2v) is 7.10. The van der Waals surface area contributed by atoms with E-state index in [-0.39, 0.29) is 11.7 Å². The van der Waals surface area contributed by atoms with Crippen LogP contribution in [0.15, 0.2) is 0 Å². The minimum Gasteiger partial charge on any atom is -0.344 e. The molecule has 1 rings (SSSR count). The summed E-state index contributed by atoms with van der Waals surface area (Å²) in [7, 11) is -2.89. The predicted octanol–water partition coefficient (Wildman–Crippen LogP) is 2.33. The van der Waals surface area contributed by atoms with Crippen molar-refractivity contribution in [2.45, 2.75) is 57.1 Å². The molecular formula is C10H22NO2P. The van der Waals surface area contributed by atoms with Crippen LogP contribution in [0.4, 0.5) is 0 Å². The summed E-state index contributed by atoms with van der Waals surface area (Å²) in [6.45, 7) is 2.10. The Hall–Kier alpha value is 0.150. The van der Waals surface area contributed by atoms with Crippen molar-refractivity contribution in [3.63, 3.8) is 0 Å². The fraction of sp³-hybridized carbons (Fsp3) is 1.00. The zero-order chi connectivity index (χ0) is 10.6. The van der Waals surface area contributed by atoms with Crippen molar-refractivity contribution in [1.29, 1.82) is 0 Å². The van der Waals surface area contributed by atoms with Gasteiger partial charge in [0.2, 0.25) is 7.37 Å². The van der Waals surface area contributed by atoms with Crippen LogP contribution in [0.1, 0.15) is 45.4 Å². The van der Waals surface area contributed by atoms with Crippen molar-refractivity contribution in [3.8, 4) is 0 Å². The average molecular weight is 219 g/mol. The summed E-state index contributed by atoms with van der Waals surface area (Å²) in [5.74, 6) is 0. The highest BCUT2D eigenvalue weighted by atomic mass is 31.2. The molecule has 1 saturated carbocycles. The van der Waals surface area contributed by atoms with Crippen LogP contribution in [0, 0.1) is 0 Å². The molecule has 0 amide bonds. The Balaban J connectivity index is 2.36. The highest BCUT2D eigenvalue weighted by Crippen LogP contribution is 2.53. The van der Waals surface area contributed by atoms with Gasteiger partial charge in [-0.25, -0.2) is 0 Å². The molecule has 0 spiro atoms. The molecule has 1 fully saturated rings. The Morgan fingerprint density at radius 1 is 1.43 bits per heavy atom. The Bertz CT molecular complexity index is 220. The Morgan fingerprint density at radius 2 is 2.14 bits per heavy atom. The van der Waals surface area contributed by atoms with Crippen molar-refractivity contribution in [3.05, 3.63) is 0 Å². The van der Waals surface area contributed by atoms with E-state index < -0.39 is 7.37 Å². The quantitative estimate of drug-likeness (QED) is 0.551. The molecule has 0 aliphatic heterocycles. The topological polar surface area (TPSA) is 63.3 Å². The first-order valence-electron chi connectivity index (χ1n) is 5.63. The molecule has 0 aromatic rings. The molecule has 3 nitrogen and oxygen atoms in total. The van der Waals surface area contributed by atoms with Crippen molar-refractivity contribution in [1.82, 2.24) is 0 Å². The van der Waals surface area contributed by atoms with Gasteiger partial charge in [0.25, 0.3) is 0 Å². The van der Waals surface area contributed by atoms with Gasteiger partial charge in [-0.1, -0.05) is 19.8 Å². The third kappa shape index (κ3) is 3.38. The summed E-state index contributed by atoms with van der Waals surface area (Å²) in [4.78, 5) is 9.86. The normalized spacial score (nSPS) is 31.6. The second kappa shape index (κ2) is 5.29. The van der Waals surface area contributed by atoms with Gasteiger partial charge in [0, 0.05) is 17.9 Å². The molecule has 14 heavy (non-hydrogen) atoms. The maximum Gasteiger partial charge on any atom is 0.203 e. The number of hydrogen-bond acceptors (Lipinski definition) is 2. The summed E-state index contributed by atoms with van der Waals surface area (Å²) in [5.41, 5.74) is 5.74. The molecule has 1 aliphatic carbocycles.